The number of pyridine rings is 1. The fraction of sp³-hybridized carbons (Fsp3) is 0.476. The summed E-state index contributed by atoms with van der Waals surface area (Å²) >= 11 is 0. The van der Waals surface area contributed by atoms with Crippen LogP contribution in [0, 0.1) is 33.6 Å². The SMILES string of the molecule is Cc1nc(C)c(C)c(OCC2CCN(c3nc(C)nc4cnccc34)CC2)n1. The first-order chi connectivity index (χ1) is 13.5. The Hall–Kier alpha value is -2.83. The molecule has 1 aliphatic rings. The lowest BCUT2D eigenvalue weighted by Gasteiger charge is -2.33. The van der Waals surface area contributed by atoms with Crippen molar-refractivity contribution in [1.29, 1.82) is 0 Å². The van der Waals surface area contributed by atoms with E-state index in [2.05, 4.69) is 24.8 Å². The van der Waals surface area contributed by atoms with Gasteiger partial charge in [0, 0.05) is 35.9 Å². The molecule has 0 radical (unpaired) electrons. The van der Waals surface area contributed by atoms with Crippen molar-refractivity contribution in [2.45, 2.75) is 40.5 Å². The minimum Gasteiger partial charge on any atom is -0.477 e. The molecule has 0 N–H and O–H groups in total. The van der Waals surface area contributed by atoms with Crippen LogP contribution >= 0.6 is 0 Å². The zero-order valence-corrected chi connectivity index (χ0v) is 16.9. The number of hydrogen-bond donors (Lipinski definition) is 0. The van der Waals surface area contributed by atoms with Gasteiger partial charge < -0.3 is 9.64 Å². The molecule has 0 saturated carbocycles. The molecule has 0 bridgehead atoms. The Labute approximate surface area is 165 Å². The van der Waals surface area contributed by atoms with E-state index in [0.29, 0.717) is 12.5 Å². The summed E-state index contributed by atoms with van der Waals surface area (Å²) in [6.45, 7) is 10.5. The Balaban J connectivity index is 1.42. The number of nitrogens with zero attached hydrogens (tertiary/aromatic N) is 6. The van der Waals surface area contributed by atoms with Crippen molar-refractivity contribution in [3.63, 3.8) is 0 Å². The predicted molar refractivity (Wildman–Crippen MR) is 109 cm³/mol. The average molecular weight is 378 g/mol. The van der Waals surface area contributed by atoms with Gasteiger partial charge in [0.2, 0.25) is 5.88 Å². The lowest BCUT2D eigenvalue weighted by molar-refractivity contribution is 0.214. The fourth-order valence-electron chi connectivity index (χ4n) is 3.70. The van der Waals surface area contributed by atoms with E-state index in [1.807, 2.05) is 40.0 Å². The van der Waals surface area contributed by atoms with Gasteiger partial charge in [-0.25, -0.2) is 15.0 Å². The predicted octanol–water partition coefficient (Wildman–Crippen LogP) is 3.34. The number of aryl methyl sites for hydroxylation is 3. The number of aromatic nitrogens is 5. The van der Waals surface area contributed by atoms with Crippen LogP contribution in [0.4, 0.5) is 5.82 Å². The molecular weight excluding hydrogens is 352 g/mol. The smallest absolute Gasteiger partial charge is 0.219 e. The van der Waals surface area contributed by atoms with Gasteiger partial charge in [-0.15, -0.1) is 0 Å². The summed E-state index contributed by atoms with van der Waals surface area (Å²) in [4.78, 5) is 24.6. The van der Waals surface area contributed by atoms with Crippen molar-refractivity contribution in [2.75, 3.05) is 24.6 Å². The zero-order valence-electron chi connectivity index (χ0n) is 16.9. The summed E-state index contributed by atoms with van der Waals surface area (Å²) in [5.74, 6) is 3.79. The summed E-state index contributed by atoms with van der Waals surface area (Å²) in [6.07, 6.45) is 5.75. The summed E-state index contributed by atoms with van der Waals surface area (Å²) in [6, 6.07) is 2.00. The Morgan fingerprint density at radius 2 is 1.75 bits per heavy atom. The third-order valence-electron chi connectivity index (χ3n) is 5.42. The minimum atomic E-state index is 0.516. The van der Waals surface area contributed by atoms with Crippen LogP contribution in [0.2, 0.25) is 0 Å². The van der Waals surface area contributed by atoms with Crippen LogP contribution in [0.3, 0.4) is 0 Å². The number of piperidine rings is 1. The molecule has 28 heavy (non-hydrogen) atoms. The topological polar surface area (TPSA) is 76.9 Å². The maximum atomic E-state index is 6.06. The first kappa shape index (κ1) is 18.5. The first-order valence-electron chi connectivity index (χ1n) is 9.79. The van der Waals surface area contributed by atoms with Crippen molar-refractivity contribution < 1.29 is 4.74 Å². The van der Waals surface area contributed by atoms with Crippen LogP contribution < -0.4 is 9.64 Å². The van der Waals surface area contributed by atoms with Gasteiger partial charge in [-0.2, -0.15) is 4.98 Å². The molecule has 0 aromatic carbocycles. The molecule has 1 saturated heterocycles. The van der Waals surface area contributed by atoms with Crippen LogP contribution in [0.25, 0.3) is 10.9 Å². The highest BCUT2D eigenvalue weighted by Crippen LogP contribution is 2.28. The van der Waals surface area contributed by atoms with E-state index in [4.69, 9.17) is 9.72 Å². The Morgan fingerprint density at radius 1 is 1.00 bits per heavy atom. The van der Waals surface area contributed by atoms with Crippen molar-refractivity contribution in [1.82, 2.24) is 24.9 Å². The van der Waals surface area contributed by atoms with Gasteiger partial charge in [-0.3, -0.25) is 4.98 Å². The van der Waals surface area contributed by atoms with Gasteiger partial charge in [0.25, 0.3) is 0 Å². The zero-order chi connectivity index (χ0) is 19.7. The summed E-state index contributed by atoms with van der Waals surface area (Å²) < 4.78 is 6.06. The highest BCUT2D eigenvalue weighted by atomic mass is 16.5. The van der Waals surface area contributed by atoms with Crippen LogP contribution in [-0.2, 0) is 0 Å². The molecule has 0 unspecified atom stereocenters. The maximum Gasteiger partial charge on any atom is 0.219 e. The van der Waals surface area contributed by atoms with E-state index in [-0.39, 0.29) is 0 Å². The summed E-state index contributed by atoms with van der Waals surface area (Å²) in [7, 11) is 0. The molecule has 4 rings (SSSR count). The highest BCUT2D eigenvalue weighted by Gasteiger charge is 2.23. The molecule has 1 aliphatic heterocycles. The third kappa shape index (κ3) is 3.74. The molecule has 3 aromatic heterocycles. The first-order valence-corrected chi connectivity index (χ1v) is 9.79. The van der Waals surface area contributed by atoms with Gasteiger partial charge in [0.15, 0.2) is 0 Å². The van der Waals surface area contributed by atoms with Crippen molar-refractivity contribution >= 4 is 16.7 Å². The van der Waals surface area contributed by atoms with Crippen molar-refractivity contribution in [2.24, 2.45) is 5.92 Å². The van der Waals surface area contributed by atoms with Crippen LogP contribution in [0.5, 0.6) is 5.88 Å². The van der Waals surface area contributed by atoms with Gasteiger partial charge in [0.1, 0.15) is 17.5 Å². The third-order valence-corrected chi connectivity index (χ3v) is 5.42. The fourth-order valence-corrected chi connectivity index (χ4v) is 3.70. The molecule has 146 valence electrons. The molecule has 0 aliphatic carbocycles. The number of anilines is 1. The second kappa shape index (κ2) is 7.66. The van der Waals surface area contributed by atoms with Crippen molar-refractivity contribution in [3.8, 4) is 5.88 Å². The van der Waals surface area contributed by atoms with Gasteiger partial charge in [-0.05, 0) is 52.5 Å². The van der Waals surface area contributed by atoms with Gasteiger partial charge >= 0.3 is 0 Å². The summed E-state index contributed by atoms with van der Waals surface area (Å²) in [5.41, 5.74) is 2.91. The Kier molecular flexibility index (Phi) is 5.07. The van der Waals surface area contributed by atoms with Gasteiger partial charge in [-0.1, -0.05) is 0 Å². The van der Waals surface area contributed by atoms with E-state index in [0.717, 1.165) is 71.4 Å². The Morgan fingerprint density at radius 3 is 2.54 bits per heavy atom. The average Bonchev–Trinajstić information content (AvgIpc) is 2.69. The molecule has 7 heteroatoms. The Bertz CT molecular complexity index is 998. The number of ether oxygens (including phenoxy) is 1. The lowest BCUT2D eigenvalue weighted by atomic mass is 9.97. The summed E-state index contributed by atoms with van der Waals surface area (Å²) in [5, 5.41) is 1.07. The lowest BCUT2D eigenvalue weighted by Crippen LogP contribution is -2.36. The van der Waals surface area contributed by atoms with Crippen LogP contribution in [-0.4, -0.2) is 44.6 Å². The number of fused-ring (bicyclic) bond motifs is 1. The molecule has 0 atom stereocenters. The second-order valence-electron chi connectivity index (χ2n) is 7.52. The number of hydrogen-bond acceptors (Lipinski definition) is 7. The monoisotopic (exact) mass is 378 g/mol. The quantitative estimate of drug-likeness (QED) is 0.689. The molecule has 3 aromatic rings. The normalized spacial score (nSPS) is 15.2. The largest absolute Gasteiger partial charge is 0.477 e. The van der Waals surface area contributed by atoms with Crippen molar-refractivity contribution in [3.05, 3.63) is 41.4 Å². The molecule has 4 heterocycles. The molecule has 0 spiro atoms. The molecule has 7 nitrogen and oxygen atoms in total. The number of rotatable bonds is 4. The molecule has 1 fully saturated rings. The van der Waals surface area contributed by atoms with Crippen LogP contribution in [0.15, 0.2) is 18.5 Å². The standard InChI is InChI=1S/C21H26N6O/c1-13-14(2)23-15(3)26-21(13)28-12-17-6-9-27(10-7-17)20-18-5-8-22-11-19(18)24-16(4)25-20/h5,8,11,17H,6-7,9-10,12H2,1-4H3. The highest BCUT2D eigenvalue weighted by molar-refractivity contribution is 5.88. The second-order valence-corrected chi connectivity index (χ2v) is 7.52. The van der Waals surface area contributed by atoms with Gasteiger partial charge in [0.05, 0.1) is 18.3 Å². The van der Waals surface area contributed by atoms with E-state index in [9.17, 15) is 0 Å². The van der Waals surface area contributed by atoms with E-state index >= 15 is 0 Å². The van der Waals surface area contributed by atoms with E-state index in [1.165, 1.54) is 0 Å². The minimum absolute atomic E-state index is 0.516. The molecular formula is C21H26N6O. The molecule has 0 amide bonds. The van der Waals surface area contributed by atoms with Crippen LogP contribution in [0.1, 0.15) is 35.7 Å². The maximum absolute atomic E-state index is 6.06. The van der Waals surface area contributed by atoms with E-state index < -0.39 is 0 Å². The van der Waals surface area contributed by atoms with E-state index in [1.54, 1.807) is 6.20 Å².